The molecular weight excluding hydrogens is 388 g/mol. The zero-order valence-corrected chi connectivity index (χ0v) is 16.1. The quantitative estimate of drug-likeness (QED) is 0.583. The second-order valence-electron chi connectivity index (χ2n) is 5.72. The first-order chi connectivity index (χ1) is 12.9. The first kappa shape index (κ1) is 19.1. The second-order valence-corrected chi connectivity index (χ2v) is 8.10. The molecule has 2 aromatic heterocycles. The first-order valence-electron chi connectivity index (χ1n) is 8.19. The van der Waals surface area contributed by atoms with Crippen LogP contribution in [0.4, 0.5) is 0 Å². The van der Waals surface area contributed by atoms with Crippen molar-refractivity contribution in [1.82, 2.24) is 20.1 Å². The summed E-state index contributed by atoms with van der Waals surface area (Å²) >= 11 is 5.11. The lowest BCUT2D eigenvalue weighted by Crippen LogP contribution is -2.25. The highest BCUT2D eigenvalue weighted by Crippen LogP contribution is 2.20. The number of benzene rings is 1. The van der Waals surface area contributed by atoms with E-state index in [1.807, 2.05) is 6.92 Å². The highest BCUT2D eigenvalue weighted by Gasteiger charge is 2.22. The average molecular weight is 406 g/mol. The lowest BCUT2D eigenvalue weighted by Gasteiger charge is -2.07. The molecule has 0 fully saturated rings. The minimum Gasteiger partial charge on any atom is -0.459 e. The second kappa shape index (κ2) is 7.89. The third-order valence-corrected chi connectivity index (χ3v) is 5.95. The highest BCUT2D eigenvalue weighted by atomic mass is 32.2. The maximum Gasteiger partial charge on any atom is 0.287 e. The molecule has 2 N–H and O–H groups in total. The van der Waals surface area contributed by atoms with E-state index in [2.05, 4.69) is 15.5 Å². The average Bonchev–Trinajstić information content (AvgIpc) is 3.26. The van der Waals surface area contributed by atoms with E-state index in [-0.39, 0.29) is 23.0 Å². The molecule has 0 spiro atoms. The summed E-state index contributed by atoms with van der Waals surface area (Å²) in [4.78, 5) is 12.6. The largest absolute Gasteiger partial charge is 0.459 e. The molecule has 0 saturated heterocycles. The van der Waals surface area contributed by atoms with Gasteiger partial charge in [0.2, 0.25) is 0 Å². The molecule has 142 valence electrons. The Kier molecular flexibility index (Phi) is 5.57. The van der Waals surface area contributed by atoms with Gasteiger partial charge in [-0.05, 0) is 37.3 Å². The van der Waals surface area contributed by atoms with Crippen LogP contribution < -0.4 is 5.32 Å². The number of rotatable bonds is 7. The minimum atomic E-state index is -3.59. The van der Waals surface area contributed by atoms with Gasteiger partial charge in [0.05, 0.1) is 23.5 Å². The number of nitrogens with zero attached hydrogens (tertiary/aromatic N) is 2. The molecule has 8 nitrogen and oxygen atoms in total. The van der Waals surface area contributed by atoms with Crippen molar-refractivity contribution in [3.8, 4) is 0 Å². The minimum absolute atomic E-state index is 0.0355. The summed E-state index contributed by atoms with van der Waals surface area (Å²) < 4.78 is 32.5. The van der Waals surface area contributed by atoms with Gasteiger partial charge >= 0.3 is 0 Å². The Morgan fingerprint density at radius 3 is 2.74 bits per heavy atom. The van der Waals surface area contributed by atoms with Gasteiger partial charge in [-0.3, -0.25) is 9.89 Å². The number of nitrogens with one attached hydrogen (secondary N) is 2. The van der Waals surface area contributed by atoms with Crippen LogP contribution in [0, 0.1) is 4.77 Å². The van der Waals surface area contributed by atoms with Crippen molar-refractivity contribution in [2.24, 2.45) is 0 Å². The summed E-state index contributed by atoms with van der Waals surface area (Å²) in [6, 6.07) is 9.55. The number of H-pyrrole nitrogens is 1. The molecule has 0 atom stereocenters. The van der Waals surface area contributed by atoms with Gasteiger partial charge < -0.3 is 14.3 Å². The summed E-state index contributed by atoms with van der Waals surface area (Å²) in [7, 11) is -3.59. The predicted octanol–water partition coefficient (Wildman–Crippen LogP) is 2.46. The Hall–Kier alpha value is -2.72. The van der Waals surface area contributed by atoms with Crippen LogP contribution in [-0.2, 0) is 28.7 Å². The van der Waals surface area contributed by atoms with E-state index >= 15 is 0 Å². The van der Waals surface area contributed by atoms with E-state index in [4.69, 9.17) is 16.6 Å². The fourth-order valence-corrected chi connectivity index (χ4v) is 4.27. The molecule has 2 heterocycles. The Labute approximate surface area is 161 Å². The number of aromatic amines is 1. The fraction of sp³-hybridized carbons (Fsp3) is 0.235. The predicted molar refractivity (Wildman–Crippen MR) is 100 cm³/mol. The Balaban J connectivity index is 1.74. The van der Waals surface area contributed by atoms with Crippen molar-refractivity contribution in [3.05, 3.63) is 64.6 Å². The molecule has 3 aromatic rings. The van der Waals surface area contributed by atoms with Crippen molar-refractivity contribution in [2.45, 2.75) is 30.7 Å². The lowest BCUT2D eigenvalue weighted by atomic mass is 10.2. The molecule has 27 heavy (non-hydrogen) atoms. The van der Waals surface area contributed by atoms with Crippen molar-refractivity contribution in [2.75, 3.05) is 0 Å². The Morgan fingerprint density at radius 1 is 1.30 bits per heavy atom. The molecule has 0 unspecified atom stereocenters. The Bertz CT molecular complexity index is 1100. The summed E-state index contributed by atoms with van der Waals surface area (Å²) in [5.74, 6) is -0.313. The van der Waals surface area contributed by atoms with Gasteiger partial charge in [-0.1, -0.05) is 18.2 Å². The van der Waals surface area contributed by atoms with Gasteiger partial charge in [0, 0.05) is 12.1 Å². The van der Waals surface area contributed by atoms with Crippen LogP contribution in [0.3, 0.4) is 0 Å². The van der Waals surface area contributed by atoms with Crippen LogP contribution in [-0.4, -0.2) is 29.1 Å². The summed E-state index contributed by atoms with van der Waals surface area (Å²) in [6.45, 7) is 2.66. The van der Waals surface area contributed by atoms with Gasteiger partial charge in [0.25, 0.3) is 5.91 Å². The zero-order valence-electron chi connectivity index (χ0n) is 14.5. The van der Waals surface area contributed by atoms with Gasteiger partial charge in [-0.25, -0.2) is 8.42 Å². The van der Waals surface area contributed by atoms with E-state index in [0.29, 0.717) is 22.7 Å². The molecule has 0 aliphatic heterocycles. The standard InChI is InChI=1S/C17H18N4O4S2/c1-2-21-14(19-20-17(21)26)10-18-16(22)15-12(8-9-25-15)11-27(23,24)13-6-4-3-5-7-13/h3-9H,2,10-11H2,1H3,(H,18,22)(H,20,26). The third-order valence-electron chi connectivity index (χ3n) is 3.96. The number of carbonyl (C=O) groups excluding carboxylic acids is 1. The number of sulfone groups is 1. The maximum atomic E-state index is 12.5. The maximum absolute atomic E-state index is 12.5. The van der Waals surface area contributed by atoms with Crippen LogP contribution in [0.25, 0.3) is 0 Å². The molecule has 1 amide bonds. The van der Waals surface area contributed by atoms with Crippen LogP contribution in [0.15, 0.2) is 52.0 Å². The van der Waals surface area contributed by atoms with Gasteiger partial charge in [0.15, 0.2) is 26.2 Å². The molecule has 1 aromatic carbocycles. The van der Waals surface area contributed by atoms with Crippen molar-refractivity contribution < 1.29 is 17.6 Å². The van der Waals surface area contributed by atoms with Gasteiger partial charge in [0.1, 0.15) is 0 Å². The summed E-state index contributed by atoms with van der Waals surface area (Å²) in [5, 5.41) is 9.41. The SMILES string of the molecule is CCn1c(CNC(=O)c2occc2CS(=O)(=O)c2ccccc2)n[nH]c1=S. The summed E-state index contributed by atoms with van der Waals surface area (Å²) in [6.07, 6.45) is 1.30. The fourth-order valence-electron chi connectivity index (χ4n) is 2.62. The van der Waals surface area contributed by atoms with E-state index in [0.717, 1.165) is 0 Å². The smallest absolute Gasteiger partial charge is 0.287 e. The van der Waals surface area contributed by atoms with Crippen LogP contribution in [0.2, 0.25) is 0 Å². The van der Waals surface area contributed by atoms with Gasteiger partial charge in [-0.15, -0.1) is 0 Å². The molecule has 0 aliphatic carbocycles. The van der Waals surface area contributed by atoms with Crippen molar-refractivity contribution in [3.63, 3.8) is 0 Å². The molecule has 0 bridgehead atoms. The third kappa shape index (κ3) is 4.17. The van der Waals surface area contributed by atoms with Crippen LogP contribution in [0.1, 0.15) is 28.9 Å². The van der Waals surface area contributed by atoms with E-state index in [1.165, 1.54) is 24.5 Å². The number of aromatic nitrogens is 3. The first-order valence-corrected chi connectivity index (χ1v) is 10.2. The highest BCUT2D eigenvalue weighted by molar-refractivity contribution is 7.90. The Morgan fingerprint density at radius 2 is 2.04 bits per heavy atom. The molecule has 0 radical (unpaired) electrons. The van der Waals surface area contributed by atoms with Crippen molar-refractivity contribution >= 4 is 28.0 Å². The van der Waals surface area contributed by atoms with Crippen molar-refractivity contribution in [1.29, 1.82) is 0 Å². The topological polar surface area (TPSA) is 110 Å². The number of carbonyl (C=O) groups is 1. The van der Waals surface area contributed by atoms with E-state index in [1.54, 1.807) is 22.8 Å². The monoisotopic (exact) mass is 406 g/mol. The van der Waals surface area contributed by atoms with Crippen LogP contribution in [0.5, 0.6) is 0 Å². The van der Waals surface area contributed by atoms with Gasteiger partial charge in [-0.2, -0.15) is 5.10 Å². The van der Waals surface area contributed by atoms with E-state index in [9.17, 15) is 13.2 Å². The lowest BCUT2D eigenvalue weighted by molar-refractivity contribution is 0.0920. The number of amides is 1. The molecular formula is C17H18N4O4S2. The van der Waals surface area contributed by atoms with E-state index < -0.39 is 15.7 Å². The number of hydrogen-bond donors (Lipinski definition) is 2. The molecule has 10 heteroatoms. The van der Waals surface area contributed by atoms with Crippen LogP contribution >= 0.6 is 12.2 Å². The molecule has 0 aliphatic rings. The normalized spacial score (nSPS) is 11.4. The molecule has 3 rings (SSSR count). The molecule has 0 saturated carbocycles. The number of furan rings is 1. The number of hydrogen-bond acceptors (Lipinski definition) is 6. The summed E-state index contributed by atoms with van der Waals surface area (Å²) in [5.41, 5.74) is 0.297. The zero-order chi connectivity index (χ0) is 19.4.